The molecule has 0 bridgehead atoms. The van der Waals surface area contributed by atoms with Gasteiger partial charge in [0.25, 0.3) is 0 Å². The highest BCUT2D eigenvalue weighted by Crippen LogP contribution is 2.32. The molecule has 0 atom stereocenters. The first-order chi connectivity index (χ1) is 7.29. The molecule has 3 heteroatoms. The molecular weight excluding hydrogens is 187 g/mol. The molecule has 0 saturated carbocycles. The van der Waals surface area contributed by atoms with Crippen molar-refractivity contribution in [2.24, 2.45) is 0 Å². The fourth-order valence-electron chi connectivity index (χ4n) is 1.32. The summed E-state index contributed by atoms with van der Waals surface area (Å²) < 4.78 is 11.1. The average Bonchev–Trinajstić information content (AvgIpc) is 2.68. The fraction of sp³-hybridized carbons (Fsp3) is 0.167. The minimum Gasteiger partial charge on any atom is -0.520 e. The van der Waals surface area contributed by atoms with Gasteiger partial charge in [0.2, 0.25) is 0 Å². The average molecular weight is 200 g/mol. The molecule has 2 nitrogen and oxygen atoms in total. The number of rotatable bonds is 2. The minimum absolute atomic E-state index is 0.294. The molecule has 1 aromatic rings. The second-order valence-corrected chi connectivity index (χ2v) is 3.44. The van der Waals surface area contributed by atoms with E-state index in [9.17, 15) is 0 Å². The minimum atomic E-state index is -0.294. The maximum atomic E-state index is 5.57. The molecule has 1 heterocycles. The van der Waals surface area contributed by atoms with Crippen molar-refractivity contribution >= 4 is 7.12 Å². The number of allylic oxidation sites excluding steroid dienone is 3. The van der Waals surface area contributed by atoms with Crippen LogP contribution in [0.3, 0.4) is 0 Å². The Kier molecular flexibility index (Phi) is 2.81. The van der Waals surface area contributed by atoms with Gasteiger partial charge in [0.15, 0.2) is 0 Å². The van der Waals surface area contributed by atoms with Crippen LogP contribution >= 0.6 is 0 Å². The lowest BCUT2D eigenvalue weighted by Crippen LogP contribution is -2.21. The standard InChI is InChI=1S/C12H13BO2/c1-3-10(2)8-9-13-14-11-6-4-5-7-12(11)15-13/h3-9H,1-2H3/b9-8+,10-3+. The number of para-hydroxylation sites is 2. The summed E-state index contributed by atoms with van der Waals surface area (Å²) in [5.74, 6) is 3.53. The van der Waals surface area contributed by atoms with Gasteiger partial charge in [0, 0.05) is 0 Å². The Morgan fingerprint density at radius 2 is 1.80 bits per heavy atom. The Bertz CT molecular complexity index is 385. The Morgan fingerprint density at radius 3 is 2.33 bits per heavy atom. The molecule has 1 aliphatic heterocycles. The van der Waals surface area contributed by atoms with Crippen LogP contribution in [-0.2, 0) is 0 Å². The van der Waals surface area contributed by atoms with Gasteiger partial charge in [-0.25, -0.2) is 0 Å². The molecule has 2 rings (SSSR count). The maximum absolute atomic E-state index is 5.57. The zero-order valence-corrected chi connectivity index (χ0v) is 8.94. The van der Waals surface area contributed by atoms with E-state index in [1.807, 2.05) is 56.2 Å². The normalized spacial score (nSPS) is 15.1. The predicted molar refractivity (Wildman–Crippen MR) is 62.0 cm³/mol. The lowest BCUT2D eigenvalue weighted by molar-refractivity contribution is 0.517. The molecule has 1 aliphatic rings. The zero-order chi connectivity index (χ0) is 10.7. The van der Waals surface area contributed by atoms with E-state index in [2.05, 4.69) is 0 Å². The van der Waals surface area contributed by atoms with Gasteiger partial charge < -0.3 is 9.31 Å². The summed E-state index contributed by atoms with van der Waals surface area (Å²) in [6, 6.07) is 7.69. The van der Waals surface area contributed by atoms with Crippen LogP contribution in [-0.4, -0.2) is 7.12 Å². The second kappa shape index (κ2) is 4.26. The second-order valence-electron chi connectivity index (χ2n) is 3.44. The Hall–Kier alpha value is -1.64. The molecule has 1 aromatic carbocycles. The van der Waals surface area contributed by atoms with E-state index < -0.39 is 0 Å². The molecule has 0 N–H and O–H groups in total. The van der Waals surface area contributed by atoms with Crippen molar-refractivity contribution in [3.63, 3.8) is 0 Å². The van der Waals surface area contributed by atoms with Gasteiger partial charge in [-0.2, -0.15) is 0 Å². The Morgan fingerprint density at radius 1 is 1.20 bits per heavy atom. The van der Waals surface area contributed by atoms with Crippen molar-refractivity contribution in [1.82, 2.24) is 0 Å². The molecule has 0 aliphatic carbocycles. The molecule has 0 amide bonds. The SMILES string of the molecule is C/C=C(C)/C=C/B1Oc2ccccc2O1. The first-order valence-electron chi connectivity index (χ1n) is 5.03. The molecule has 15 heavy (non-hydrogen) atoms. The monoisotopic (exact) mass is 200 g/mol. The topological polar surface area (TPSA) is 18.5 Å². The first kappa shape index (κ1) is 9.90. The van der Waals surface area contributed by atoms with Crippen molar-refractivity contribution in [3.05, 3.63) is 48.0 Å². The summed E-state index contributed by atoms with van der Waals surface area (Å²) in [4.78, 5) is 0. The number of benzene rings is 1. The highest BCUT2D eigenvalue weighted by Gasteiger charge is 2.28. The van der Waals surface area contributed by atoms with Crippen molar-refractivity contribution < 1.29 is 9.31 Å². The quantitative estimate of drug-likeness (QED) is 0.539. The molecule has 0 unspecified atom stereocenters. The van der Waals surface area contributed by atoms with Gasteiger partial charge in [-0.15, -0.1) is 0 Å². The van der Waals surface area contributed by atoms with E-state index in [4.69, 9.17) is 9.31 Å². The van der Waals surface area contributed by atoms with E-state index in [-0.39, 0.29) is 7.12 Å². The lowest BCUT2D eigenvalue weighted by atomic mass is 9.89. The third-order valence-corrected chi connectivity index (χ3v) is 2.31. The zero-order valence-electron chi connectivity index (χ0n) is 8.94. The van der Waals surface area contributed by atoms with Crippen molar-refractivity contribution in [3.8, 4) is 11.5 Å². The predicted octanol–water partition coefficient (Wildman–Crippen LogP) is 3.01. The fourth-order valence-corrected chi connectivity index (χ4v) is 1.32. The summed E-state index contributed by atoms with van der Waals surface area (Å²) in [7, 11) is -0.294. The Labute approximate surface area is 90.4 Å². The molecular formula is C12H13BO2. The van der Waals surface area contributed by atoms with E-state index >= 15 is 0 Å². The van der Waals surface area contributed by atoms with E-state index in [0.717, 1.165) is 11.5 Å². The van der Waals surface area contributed by atoms with E-state index in [0.29, 0.717) is 0 Å². The van der Waals surface area contributed by atoms with Gasteiger partial charge in [0.05, 0.1) is 0 Å². The summed E-state index contributed by atoms with van der Waals surface area (Å²) in [6.07, 6.45) is 4.04. The Balaban J connectivity index is 2.05. The molecule has 76 valence electrons. The molecule has 0 aromatic heterocycles. The third-order valence-electron chi connectivity index (χ3n) is 2.31. The number of fused-ring (bicyclic) bond motifs is 1. The molecule has 0 saturated heterocycles. The third kappa shape index (κ3) is 2.24. The van der Waals surface area contributed by atoms with Gasteiger partial charge in [-0.3, -0.25) is 0 Å². The van der Waals surface area contributed by atoms with Crippen molar-refractivity contribution in [2.45, 2.75) is 13.8 Å². The van der Waals surface area contributed by atoms with Crippen molar-refractivity contribution in [1.29, 1.82) is 0 Å². The number of hydrogen-bond acceptors (Lipinski definition) is 2. The van der Waals surface area contributed by atoms with Gasteiger partial charge >= 0.3 is 7.12 Å². The van der Waals surface area contributed by atoms with Crippen LogP contribution in [0.4, 0.5) is 0 Å². The summed E-state index contributed by atoms with van der Waals surface area (Å²) in [5, 5.41) is 0. The highest BCUT2D eigenvalue weighted by molar-refractivity contribution is 6.53. The summed E-state index contributed by atoms with van der Waals surface area (Å²) >= 11 is 0. The van der Waals surface area contributed by atoms with Crippen LogP contribution in [0.1, 0.15) is 13.8 Å². The van der Waals surface area contributed by atoms with E-state index in [1.54, 1.807) is 0 Å². The van der Waals surface area contributed by atoms with Crippen LogP contribution in [0.2, 0.25) is 0 Å². The van der Waals surface area contributed by atoms with Gasteiger partial charge in [-0.05, 0) is 32.0 Å². The van der Waals surface area contributed by atoms with Crippen LogP contribution in [0.5, 0.6) is 11.5 Å². The van der Waals surface area contributed by atoms with Gasteiger partial charge in [-0.1, -0.05) is 29.9 Å². The van der Waals surface area contributed by atoms with Crippen LogP contribution < -0.4 is 9.31 Å². The molecule has 0 radical (unpaired) electrons. The highest BCUT2D eigenvalue weighted by atomic mass is 16.6. The van der Waals surface area contributed by atoms with Crippen LogP contribution in [0.15, 0.2) is 48.0 Å². The first-order valence-corrected chi connectivity index (χ1v) is 5.03. The largest absolute Gasteiger partial charge is 0.625 e. The smallest absolute Gasteiger partial charge is 0.520 e. The van der Waals surface area contributed by atoms with Crippen molar-refractivity contribution in [2.75, 3.05) is 0 Å². The maximum Gasteiger partial charge on any atom is 0.625 e. The molecule has 0 fully saturated rings. The van der Waals surface area contributed by atoms with Gasteiger partial charge in [0.1, 0.15) is 11.5 Å². The molecule has 0 spiro atoms. The number of hydrogen-bond donors (Lipinski definition) is 0. The lowest BCUT2D eigenvalue weighted by Gasteiger charge is -1.97. The van der Waals surface area contributed by atoms with E-state index in [1.165, 1.54) is 5.57 Å². The van der Waals surface area contributed by atoms with Crippen LogP contribution in [0.25, 0.3) is 0 Å². The summed E-state index contributed by atoms with van der Waals surface area (Å²) in [6.45, 7) is 4.05. The summed E-state index contributed by atoms with van der Waals surface area (Å²) in [5.41, 5.74) is 1.19. The van der Waals surface area contributed by atoms with Crippen LogP contribution in [0, 0.1) is 0 Å².